The van der Waals surface area contributed by atoms with E-state index in [1.54, 1.807) is 13.3 Å². The molecular formula is C11H14BrN5O2. The molecule has 2 aliphatic heterocycles. The van der Waals surface area contributed by atoms with Gasteiger partial charge in [-0.3, -0.25) is 0 Å². The highest BCUT2D eigenvalue weighted by Gasteiger charge is 2.36. The summed E-state index contributed by atoms with van der Waals surface area (Å²) >= 11 is 3.34. The number of piperazine rings is 1. The fraction of sp³-hybridized carbons (Fsp3) is 0.545. The molecule has 2 amide bonds. The molecule has 3 heterocycles. The first kappa shape index (κ1) is 12.5. The molecule has 0 bridgehead atoms. The normalized spacial score (nSPS) is 22.2. The number of carbonyl (C=O) groups is 1. The summed E-state index contributed by atoms with van der Waals surface area (Å²) in [7, 11) is 1.58. The molecule has 1 atom stereocenters. The van der Waals surface area contributed by atoms with Gasteiger partial charge in [0, 0.05) is 26.2 Å². The first-order chi connectivity index (χ1) is 9.19. The van der Waals surface area contributed by atoms with E-state index in [-0.39, 0.29) is 12.1 Å². The number of carbonyl (C=O) groups excluding carboxylic acids is 1. The summed E-state index contributed by atoms with van der Waals surface area (Å²) in [5, 5.41) is 2.85. The Morgan fingerprint density at radius 3 is 3.16 bits per heavy atom. The molecule has 7 nitrogen and oxygen atoms in total. The lowest BCUT2D eigenvalue weighted by molar-refractivity contribution is 0.197. The van der Waals surface area contributed by atoms with Gasteiger partial charge in [-0.2, -0.15) is 4.98 Å². The highest BCUT2D eigenvalue weighted by atomic mass is 79.9. The van der Waals surface area contributed by atoms with Crippen LogP contribution in [0.3, 0.4) is 0 Å². The first-order valence-corrected chi connectivity index (χ1v) is 6.84. The fourth-order valence-corrected chi connectivity index (χ4v) is 2.78. The molecule has 0 saturated carbocycles. The third-order valence-corrected chi connectivity index (χ3v) is 3.95. The average Bonchev–Trinajstić information content (AvgIpc) is 2.80. The molecule has 1 aromatic heterocycles. The Kier molecular flexibility index (Phi) is 3.17. The van der Waals surface area contributed by atoms with E-state index in [4.69, 9.17) is 4.74 Å². The van der Waals surface area contributed by atoms with E-state index in [2.05, 4.69) is 36.1 Å². The highest BCUT2D eigenvalue weighted by Crippen LogP contribution is 2.25. The van der Waals surface area contributed by atoms with Gasteiger partial charge in [-0.1, -0.05) is 0 Å². The monoisotopic (exact) mass is 327 g/mol. The molecule has 0 radical (unpaired) electrons. The lowest BCUT2D eigenvalue weighted by Gasteiger charge is -2.36. The molecule has 1 unspecified atom stereocenters. The number of halogens is 1. The van der Waals surface area contributed by atoms with Crippen molar-refractivity contribution in [3.05, 3.63) is 10.7 Å². The maximum Gasteiger partial charge on any atom is 0.317 e. The second-order valence-electron chi connectivity index (χ2n) is 4.51. The van der Waals surface area contributed by atoms with Crippen molar-refractivity contribution in [2.45, 2.75) is 6.04 Å². The van der Waals surface area contributed by atoms with Crippen molar-refractivity contribution in [1.29, 1.82) is 0 Å². The molecule has 3 rings (SSSR count). The topological polar surface area (TPSA) is 70.6 Å². The zero-order chi connectivity index (χ0) is 13.4. The van der Waals surface area contributed by atoms with Gasteiger partial charge in [0.25, 0.3) is 0 Å². The van der Waals surface area contributed by atoms with Gasteiger partial charge in [-0.15, -0.1) is 0 Å². The minimum Gasteiger partial charge on any atom is -0.480 e. The first-order valence-electron chi connectivity index (χ1n) is 6.05. The maximum atomic E-state index is 11.5. The summed E-state index contributed by atoms with van der Waals surface area (Å²) in [4.78, 5) is 24.2. The number of amides is 2. The summed E-state index contributed by atoms with van der Waals surface area (Å²) in [6.07, 6.45) is 1.69. The third kappa shape index (κ3) is 2.20. The Bertz CT molecular complexity index is 512. The quantitative estimate of drug-likeness (QED) is 0.854. The van der Waals surface area contributed by atoms with Gasteiger partial charge in [0.15, 0.2) is 0 Å². The van der Waals surface area contributed by atoms with Crippen LogP contribution >= 0.6 is 15.9 Å². The molecule has 1 aromatic rings. The Morgan fingerprint density at radius 2 is 2.37 bits per heavy atom. The number of fused-ring (bicyclic) bond motifs is 1. The van der Waals surface area contributed by atoms with E-state index in [1.807, 2.05) is 4.90 Å². The predicted octanol–water partition coefficient (Wildman–Crippen LogP) is 0.462. The second kappa shape index (κ2) is 4.84. The van der Waals surface area contributed by atoms with Gasteiger partial charge < -0.3 is 19.9 Å². The van der Waals surface area contributed by atoms with Crippen LogP contribution in [-0.4, -0.2) is 60.2 Å². The van der Waals surface area contributed by atoms with E-state index in [9.17, 15) is 4.79 Å². The van der Waals surface area contributed by atoms with Crippen LogP contribution in [0.1, 0.15) is 0 Å². The van der Waals surface area contributed by atoms with Crippen LogP contribution in [-0.2, 0) is 0 Å². The van der Waals surface area contributed by atoms with Crippen molar-refractivity contribution in [3.63, 3.8) is 0 Å². The molecular weight excluding hydrogens is 314 g/mol. The molecule has 2 aliphatic rings. The lowest BCUT2D eigenvalue weighted by Crippen LogP contribution is -2.52. The molecule has 0 spiro atoms. The minimum atomic E-state index is 0.0268. The van der Waals surface area contributed by atoms with Gasteiger partial charge in [-0.05, 0) is 15.9 Å². The summed E-state index contributed by atoms with van der Waals surface area (Å²) in [5.41, 5.74) is 0. The third-order valence-electron chi connectivity index (χ3n) is 3.41. The van der Waals surface area contributed by atoms with Crippen molar-refractivity contribution >= 4 is 27.9 Å². The number of nitrogens with one attached hydrogen (secondary N) is 1. The van der Waals surface area contributed by atoms with Crippen LogP contribution in [0.5, 0.6) is 5.88 Å². The highest BCUT2D eigenvalue weighted by molar-refractivity contribution is 9.10. The van der Waals surface area contributed by atoms with E-state index < -0.39 is 0 Å². The van der Waals surface area contributed by atoms with Crippen LogP contribution < -0.4 is 15.0 Å². The number of nitrogens with zero attached hydrogens (tertiary/aromatic N) is 4. The van der Waals surface area contributed by atoms with Crippen molar-refractivity contribution in [2.75, 3.05) is 38.2 Å². The summed E-state index contributed by atoms with van der Waals surface area (Å²) in [5.74, 6) is 1.16. The van der Waals surface area contributed by atoms with Gasteiger partial charge in [0.2, 0.25) is 11.8 Å². The number of hydrogen-bond acceptors (Lipinski definition) is 5. The number of rotatable bonds is 2. The zero-order valence-corrected chi connectivity index (χ0v) is 12.1. The van der Waals surface area contributed by atoms with Crippen molar-refractivity contribution in [2.24, 2.45) is 0 Å². The number of urea groups is 1. The number of anilines is 1. The van der Waals surface area contributed by atoms with Gasteiger partial charge >= 0.3 is 6.03 Å². The zero-order valence-electron chi connectivity index (χ0n) is 10.5. The Labute approximate surface area is 119 Å². The average molecular weight is 328 g/mol. The number of aromatic nitrogens is 2. The lowest BCUT2D eigenvalue weighted by atomic mass is 10.2. The smallest absolute Gasteiger partial charge is 0.317 e. The van der Waals surface area contributed by atoms with E-state index in [0.717, 1.165) is 17.6 Å². The molecule has 1 N–H and O–H groups in total. The number of hydrogen-bond donors (Lipinski definition) is 1. The van der Waals surface area contributed by atoms with E-state index >= 15 is 0 Å². The standard InChI is InChI=1S/C11H14BrN5O2/c1-19-9-8(12)5-13-10(15-9)16-2-3-17-7(6-16)4-14-11(17)18/h5,7H,2-4,6H2,1H3,(H,14,18). The van der Waals surface area contributed by atoms with Crippen molar-refractivity contribution < 1.29 is 9.53 Å². The van der Waals surface area contributed by atoms with Gasteiger partial charge in [-0.25, -0.2) is 9.78 Å². The Balaban J connectivity index is 1.78. The molecule has 0 aliphatic carbocycles. The van der Waals surface area contributed by atoms with Crippen LogP contribution in [0.25, 0.3) is 0 Å². The summed E-state index contributed by atoms with van der Waals surface area (Å²) < 4.78 is 5.91. The maximum absolute atomic E-state index is 11.5. The predicted molar refractivity (Wildman–Crippen MR) is 72.4 cm³/mol. The van der Waals surface area contributed by atoms with Crippen LogP contribution in [0.2, 0.25) is 0 Å². The second-order valence-corrected chi connectivity index (χ2v) is 5.36. The van der Waals surface area contributed by atoms with E-state index in [0.29, 0.717) is 24.9 Å². The van der Waals surface area contributed by atoms with Crippen molar-refractivity contribution in [1.82, 2.24) is 20.2 Å². The molecule has 2 saturated heterocycles. The Morgan fingerprint density at radius 1 is 1.53 bits per heavy atom. The SMILES string of the molecule is COc1nc(N2CCN3C(=O)NCC3C2)ncc1Br. The van der Waals surface area contributed by atoms with Crippen LogP contribution in [0.15, 0.2) is 10.7 Å². The van der Waals surface area contributed by atoms with Gasteiger partial charge in [0.05, 0.1) is 23.8 Å². The molecule has 8 heteroatoms. The summed E-state index contributed by atoms with van der Waals surface area (Å²) in [6.45, 7) is 2.85. The molecule has 2 fully saturated rings. The van der Waals surface area contributed by atoms with Crippen LogP contribution in [0.4, 0.5) is 10.7 Å². The van der Waals surface area contributed by atoms with Gasteiger partial charge in [0.1, 0.15) is 0 Å². The number of ether oxygens (including phenoxy) is 1. The van der Waals surface area contributed by atoms with E-state index in [1.165, 1.54) is 0 Å². The summed E-state index contributed by atoms with van der Waals surface area (Å²) in [6, 6.07) is 0.221. The van der Waals surface area contributed by atoms with Crippen LogP contribution in [0, 0.1) is 0 Å². The largest absolute Gasteiger partial charge is 0.480 e. The molecule has 102 valence electrons. The Hall–Kier alpha value is -1.57. The molecule has 19 heavy (non-hydrogen) atoms. The minimum absolute atomic E-state index is 0.0268. The van der Waals surface area contributed by atoms with Crippen molar-refractivity contribution in [3.8, 4) is 5.88 Å². The fourth-order valence-electron chi connectivity index (χ4n) is 2.42. The number of methoxy groups -OCH3 is 1. The molecule has 0 aromatic carbocycles.